The first-order chi connectivity index (χ1) is 14.2. The van der Waals surface area contributed by atoms with E-state index >= 15 is 0 Å². The molecule has 0 radical (unpaired) electrons. The molecule has 156 valence electrons. The molecule has 3 rings (SSSR count). The molecule has 2 aromatic rings. The van der Waals surface area contributed by atoms with Crippen molar-refractivity contribution in [2.24, 2.45) is 5.73 Å². The van der Waals surface area contributed by atoms with Crippen molar-refractivity contribution in [1.82, 2.24) is 9.80 Å². The van der Waals surface area contributed by atoms with Crippen molar-refractivity contribution in [3.63, 3.8) is 0 Å². The van der Waals surface area contributed by atoms with Crippen LogP contribution >= 0.6 is 0 Å². The van der Waals surface area contributed by atoms with Crippen molar-refractivity contribution in [2.75, 3.05) is 39.9 Å². The first-order valence-electron chi connectivity index (χ1n) is 10.2. The standard InChI is InChI=1S/C23H31N3O3/c1-28-21-10-9-20(17-24)16-22(21)29-15-5-8-23(27)26-13-11-25(12-14-26)18-19-6-3-2-4-7-19/h2-4,6-7,9-10,16H,5,8,11-15,17-18,24H2,1H3. The highest BCUT2D eigenvalue weighted by molar-refractivity contribution is 5.76. The third-order valence-corrected chi connectivity index (χ3v) is 5.23. The highest BCUT2D eigenvalue weighted by atomic mass is 16.5. The number of hydrogen-bond acceptors (Lipinski definition) is 5. The van der Waals surface area contributed by atoms with Gasteiger partial charge in [0.05, 0.1) is 13.7 Å². The molecule has 0 unspecified atom stereocenters. The molecule has 2 aromatic carbocycles. The second-order valence-electron chi connectivity index (χ2n) is 7.28. The second kappa shape index (κ2) is 10.8. The van der Waals surface area contributed by atoms with E-state index in [0.29, 0.717) is 37.5 Å². The lowest BCUT2D eigenvalue weighted by Gasteiger charge is -2.34. The van der Waals surface area contributed by atoms with Crippen molar-refractivity contribution in [2.45, 2.75) is 25.9 Å². The summed E-state index contributed by atoms with van der Waals surface area (Å²) in [7, 11) is 1.62. The number of methoxy groups -OCH3 is 1. The van der Waals surface area contributed by atoms with Crippen molar-refractivity contribution in [3.8, 4) is 11.5 Å². The highest BCUT2D eigenvalue weighted by Gasteiger charge is 2.20. The van der Waals surface area contributed by atoms with Crippen LogP contribution in [0.25, 0.3) is 0 Å². The Morgan fingerprint density at radius 1 is 1.00 bits per heavy atom. The normalized spacial score (nSPS) is 14.6. The largest absolute Gasteiger partial charge is 0.493 e. The number of carbonyl (C=O) groups is 1. The van der Waals surface area contributed by atoms with Crippen LogP contribution < -0.4 is 15.2 Å². The van der Waals surface area contributed by atoms with Gasteiger partial charge in [-0.15, -0.1) is 0 Å². The van der Waals surface area contributed by atoms with Crippen LogP contribution in [0.2, 0.25) is 0 Å². The van der Waals surface area contributed by atoms with Crippen LogP contribution in [0.15, 0.2) is 48.5 Å². The molecule has 0 atom stereocenters. The molecule has 1 amide bonds. The first-order valence-corrected chi connectivity index (χ1v) is 10.2. The van der Waals surface area contributed by atoms with E-state index in [1.165, 1.54) is 5.56 Å². The molecule has 0 aromatic heterocycles. The number of piperazine rings is 1. The molecule has 1 aliphatic heterocycles. The fraction of sp³-hybridized carbons (Fsp3) is 0.435. The maximum Gasteiger partial charge on any atom is 0.222 e. The number of amides is 1. The minimum absolute atomic E-state index is 0.204. The van der Waals surface area contributed by atoms with E-state index < -0.39 is 0 Å². The Morgan fingerprint density at radius 3 is 2.45 bits per heavy atom. The van der Waals surface area contributed by atoms with Gasteiger partial charge in [0.15, 0.2) is 11.5 Å². The summed E-state index contributed by atoms with van der Waals surface area (Å²) < 4.78 is 11.2. The summed E-state index contributed by atoms with van der Waals surface area (Å²) in [5.41, 5.74) is 8.00. The molecular formula is C23H31N3O3. The Balaban J connectivity index is 1.37. The maximum absolute atomic E-state index is 12.5. The number of hydrogen-bond donors (Lipinski definition) is 1. The molecule has 1 saturated heterocycles. The van der Waals surface area contributed by atoms with Crippen molar-refractivity contribution < 1.29 is 14.3 Å². The fourth-order valence-corrected chi connectivity index (χ4v) is 3.52. The summed E-state index contributed by atoms with van der Waals surface area (Å²) in [5.74, 6) is 1.57. The Hall–Kier alpha value is -2.57. The van der Waals surface area contributed by atoms with E-state index in [2.05, 4.69) is 29.2 Å². The molecule has 6 nitrogen and oxygen atoms in total. The molecular weight excluding hydrogens is 366 g/mol. The molecule has 1 aliphatic rings. The summed E-state index contributed by atoms with van der Waals surface area (Å²) in [6.07, 6.45) is 1.18. The van der Waals surface area contributed by atoms with Crippen LogP contribution in [0.5, 0.6) is 11.5 Å². The third kappa shape index (κ3) is 6.21. The number of rotatable bonds is 9. The quantitative estimate of drug-likeness (QED) is 0.659. The van der Waals surface area contributed by atoms with E-state index in [9.17, 15) is 4.79 Å². The van der Waals surface area contributed by atoms with Crippen LogP contribution in [-0.2, 0) is 17.9 Å². The van der Waals surface area contributed by atoms with Gasteiger partial charge in [0, 0.05) is 45.7 Å². The SMILES string of the molecule is COc1ccc(CN)cc1OCCCC(=O)N1CCN(Cc2ccccc2)CC1. The van der Waals surface area contributed by atoms with Gasteiger partial charge in [0.2, 0.25) is 5.91 Å². The van der Waals surface area contributed by atoms with E-state index in [-0.39, 0.29) is 5.91 Å². The zero-order valence-corrected chi connectivity index (χ0v) is 17.2. The summed E-state index contributed by atoms with van der Waals surface area (Å²) in [5, 5.41) is 0. The summed E-state index contributed by atoms with van der Waals surface area (Å²) >= 11 is 0. The van der Waals surface area contributed by atoms with Crippen LogP contribution in [-0.4, -0.2) is 55.6 Å². The molecule has 2 N–H and O–H groups in total. The number of nitrogens with two attached hydrogens (primary N) is 1. The van der Waals surface area contributed by atoms with Crippen LogP contribution in [0.3, 0.4) is 0 Å². The van der Waals surface area contributed by atoms with Gasteiger partial charge in [-0.25, -0.2) is 0 Å². The van der Waals surface area contributed by atoms with Gasteiger partial charge in [-0.3, -0.25) is 9.69 Å². The Kier molecular flexibility index (Phi) is 7.90. The van der Waals surface area contributed by atoms with E-state index in [4.69, 9.17) is 15.2 Å². The monoisotopic (exact) mass is 397 g/mol. The lowest BCUT2D eigenvalue weighted by atomic mass is 10.2. The van der Waals surface area contributed by atoms with Crippen LogP contribution in [0.1, 0.15) is 24.0 Å². The smallest absolute Gasteiger partial charge is 0.222 e. The summed E-state index contributed by atoms with van der Waals surface area (Å²) in [6, 6.07) is 16.1. The first kappa shape index (κ1) is 21.1. The number of benzene rings is 2. The number of nitrogens with zero attached hydrogens (tertiary/aromatic N) is 2. The molecule has 29 heavy (non-hydrogen) atoms. The highest BCUT2D eigenvalue weighted by Crippen LogP contribution is 2.28. The predicted molar refractivity (Wildman–Crippen MR) is 114 cm³/mol. The van der Waals surface area contributed by atoms with Crippen molar-refractivity contribution >= 4 is 5.91 Å². The topological polar surface area (TPSA) is 68.0 Å². The zero-order chi connectivity index (χ0) is 20.5. The average Bonchev–Trinajstić information content (AvgIpc) is 2.77. The Morgan fingerprint density at radius 2 is 1.76 bits per heavy atom. The lowest BCUT2D eigenvalue weighted by Crippen LogP contribution is -2.48. The lowest BCUT2D eigenvalue weighted by molar-refractivity contribution is -0.133. The molecule has 0 saturated carbocycles. The predicted octanol–water partition coefficient (Wildman–Crippen LogP) is 2.66. The second-order valence-corrected chi connectivity index (χ2v) is 7.28. The molecule has 1 heterocycles. The van der Waals surface area contributed by atoms with Crippen molar-refractivity contribution in [1.29, 1.82) is 0 Å². The molecule has 0 bridgehead atoms. The van der Waals surface area contributed by atoms with Gasteiger partial charge >= 0.3 is 0 Å². The van der Waals surface area contributed by atoms with Gasteiger partial charge in [-0.2, -0.15) is 0 Å². The Labute approximate surface area is 173 Å². The van der Waals surface area contributed by atoms with E-state index in [1.54, 1.807) is 7.11 Å². The van der Waals surface area contributed by atoms with Crippen molar-refractivity contribution in [3.05, 3.63) is 59.7 Å². The molecule has 0 spiro atoms. The molecule has 6 heteroatoms. The Bertz CT molecular complexity index is 774. The third-order valence-electron chi connectivity index (χ3n) is 5.23. The maximum atomic E-state index is 12.5. The number of carbonyl (C=O) groups excluding carboxylic acids is 1. The minimum Gasteiger partial charge on any atom is -0.493 e. The average molecular weight is 398 g/mol. The van der Waals surface area contributed by atoms with Gasteiger partial charge in [-0.1, -0.05) is 36.4 Å². The van der Waals surface area contributed by atoms with Gasteiger partial charge in [-0.05, 0) is 29.7 Å². The van der Waals surface area contributed by atoms with Gasteiger partial charge < -0.3 is 20.1 Å². The van der Waals surface area contributed by atoms with Crippen LogP contribution in [0.4, 0.5) is 0 Å². The van der Waals surface area contributed by atoms with Gasteiger partial charge in [0.1, 0.15) is 0 Å². The van der Waals surface area contributed by atoms with Crippen LogP contribution in [0, 0.1) is 0 Å². The molecule has 1 fully saturated rings. The zero-order valence-electron chi connectivity index (χ0n) is 17.2. The van der Waals surface area contributed by atoms with Gasteiger partial charge in [0.25, 0.3) is 0 Å². The number of ether oxygens (including phenoxy) is 2. The molecule has 0 aliphatic carbocycles. The summed E-state index contributed by atoms with van der Waals surface area (Å²) in [6.45, 7) is 5.29. The fourth-order valence-electron chi connectivity index (χ4n) is 3.52. The minimum atomic E-state index is 0.204. The van der Waals surface area contributed by atoms with E-state index in [1.807, 2.05) is 29.2 Å². The van der Waals surface area contributed by atoms with E-state index in [0.717, 1.165) is 38.3 Å². The summed E-state index contributed by atoms with van der Waals surface area (Å²) in [4.78, 5) is 16.9.